The monoisotopic (exact) mass is 292 g/mol. The minimum absolute atomic E-state index is 0. The van der Waals surface area contributed by atoms with Crippen molar-refractivity contribution in [1.82, 2.24) is 0 Å². The van der Waals surface area contributed by atoms with Gasteiger partial charge in [-0.05, 0) is 6.92 Å². The molecule has 0 saturated carbocycles. The largest absolute Gasteiger partial charge is 0.999 e. The normalized spacial score (nSPS) is 8.12. The molecule has 0 aliphatic heterocycles. The van der Waals surface area contributed by atoms with Gasteiger partial charge in [0.1, 0.15) is 0 Å². The van der Waals surface area contributed by atoms with Crippen LogP contribution in [-0.4, -0.2) is 14.5 Å². The van der Waals surface area contributed by atoms with Crippen LogP contribution >= 0.6 is 0 Å². The molecule has 0 aromatic heterocycles. The van der Waals surface area contributed by atoms with Gasteiger partial charge in [0.05, 0.1) is 0 Å². The Morgan fingerprint density at radius 3 is 1.76 bits per heavy atom. The quantitative estimate of drug-likeness (QED) is 0.267. The molecule has 4 nitrogen and oxygen atoms in total. The summed E-state index contributed by atoms with van der Waals surface area (Å²) in [6.07, 6.45) is 0. The van der Waals surface area contributed by atoms with Gasteiger partial charge >= 0.3 is 22.6 Å². The van der Waals surface area contributed by atoms with Gasteiger partial charge in [-0.3, -0.25) is 4.21 Å². The summed E-state index contributed by atoms with van der Waals surface area (Å²) in [6.45, 7) is 14.1. The fourth-order valence-corrected chi connectivity index (χ4v) is 0.784. The van der Waals surface area contributed by atoms with Crippen LogP contribution in [0.3, 0.4) is 0 Å². The molecule has 1 atom stereocenters. The number of hydrogen-bond donors (Lipinski definition) is 0. The molecule has 17 heavy (non-hydrogen) atoms. The topological polar surface area (TPSA) is 79.9 Å². The van der Waals surface area contributed by atoms with Crippen LogP contribution in [0.15, 0.2) is 18.2 Å². The summed E-state index contributed by atoms with van der Waals surface area (Å²) < 4.78 is 34.5. The predicted molar refractivity (Wildman–Crippen MR) is 53.8 cm³/mol. The Hall–Kier alpha value is -0.801. The van der Waals surface area contributed by atoms with Crippen molar-refractivity contribution in [1.29, 1.82) is 0 Å². The molecule has 0 aliphatic rings. The molecule has 0 N–H and O–H groups in total. The Kier molecular flexibility index (Phi) is 36.1. The van der Waals surface area contributed by atoms with Crippen molar-refractivity contribution >= 4 is 11.1 Å². The summed E-state index contributed by atoms with van der Waals surface area (Å²) in [4.78, 5) is 0. The Bertz CT molecular complexity index is 269. The van der Waals surface area contributed by atoms with Gasteiger partial charge in [-0.15, -0.1) is 0 Å². The van der Waals surface area contributed by atoms with Crippen LogP contribution < -0.4 is 0 Å². The number of hydrogen-bond acceptors (Lipinski definition) is 2. The van der Waals surface area contributed by atoms with Gasteiger partial charge in [-0.2, -0.15) is 0 Å². The molecule has 0 heterocycles. The molecular weight excluding hydrogens is 284 g/mol. The second-order valence-electron chi connectivity index (χ2n) is 2.09. The van der Waals surface area contributed by atoms with Gasteiger partial charge in [-0.25, -0.2) is 0 Å². The van der Waals surface area contributed by atoms with Gasteiger partial charge in [0.15, 0.2) is 0 Å². The summed E-state index contributed by atoms with van der Waals surface area (Å²) >= 11 is -1.95. The van der Waals surface area contributed by atoms with Gasteiger partial charge in [0.25, 0.3) is 0 Å². The van der Waals surface area contributed by atoms with Crippen molar-refractivity contribution in [3.05, 3.63) is 55.8 Å². The summed E-state index contributed by atoms with van der Waals surface area (Å²) in [5, 5.41) is 0. The zero-order chi connectivity index (χ0) is 13.4. The molecule has 96 valence electrons. The maximum atomic E-state index is 9.75. The van der Waals surface area contributed by atoms with Crippen molar-refractivity contribution in [2.75, 3.05) is 5.75 Å². The molecule has 0 amide bonds. The van der Waals surface area contributed by atoms with E-state index in [1.54, 1.807) is 13.0 Å². The van der Waals surface area contributed by atoms with Gasteiger partial charge < -0.3 is 34.9 Å². The molecule has 1 aromatic carbocycles. The first-order valence-electron chi connectivity index (χ1n) is 3.56. The zero-order valence-corrected chi connectivity index (χ0v) is 10.8. The molecule has 0 aliphatic carbocycles. The Labute approximate surface area is 115 Å². The summed E-state index contributed by atoms with van der Waals surface area (Å²) in [5.74, 6) is 0.0833. The summed E-state index contributed by atoms with van der Waals surface area (Å²) in [7, 11) is 0. The van der Waals surface area contributed by atoms with Crippen molar-refractivity contribution in [3.63, 3.8) is 0 Å². The standard InChI is InChI=1S/C5H.C4H8O2S.2CO.Fe/c1-2-4-5-3-1;1-4(2)3-7(5)6;2*1-2;/h1H;1,3H2,2H3,(H,5,6);;;/q-5;;;;/p-1. The fraction of sp³-hybridized carbons (Fsp3) is 0.182. The minimum Gasteiger partial charge on any atom is -0.999 e. The van der Waals surface area contributed by atoms with Crippen LogP contribution in [0.2, 0.25) is 0 Å². The molecule has 0 radical (unpaired) electrons. The van der Waals surface area contributed by atoms with Gasteiger partial charge in [0, 0.05) is 22.8 Å². The van der Waals surface area contributed by atoms with Crippen LogP contribution in [0.1, 0.15) is 6.92 Å². The van der Waals surface area contributed by atoms with Gasteiger partial charge in [-0.1, -0.05) is 23.2 Å². The third-order valence-electron chi connectivity index (χ3n) is 0.715. The molecule has 0 bridgehead atoms. The van der Waals surface area contributed by atoms with E-state index in [9.17, 15) is 8.76 Å². The second-order valence-corrected chi connectivity index (χ2v) is 2.98. The third kappa shape index (κ3) is 39.4. The van der Waals surface area contributed by atoms with E-state index in [-0.39, 0.29) is 22.8 Å². The first kappa shape index (κ1) is 25.1. The summed E-state index contributed by atoms with van der Waals surface area (Å²) in [6, 6.07) is 12.0. The fourth-order valence-electron chi connectivity index (χ4n) is 0.382. The van der Waals surface area contributed by atoms with Crippen molar-refractivity contribution < 1.29 is 35.1 Å². The van der Waals surface area contributed by atoms with E-state index in [1.165, 1.54) is 0 Å². The van der Waals surface area contributed by atoms with Gasteiger partial charge in [0.2, 0.25) is 0 Å². The second kappa shape index (κ2) is 24.4. The Balaban J connectivity index is -0.0000000747. The third-order valence-corrected chi connectivity index (χ3v) is 1.44. The SMILES string of the molecule is C=C(C)CS(=O)[O-].[C-]#[O+].[C-]#[O+].[Fe].[c-]1[c-][c-][cH-][c-]1. The Morgan fingerprint density at radius 1 is 1.35 bits per heavy atom. The van der Waals surface area contributed by atoms with E-state index >= 15 is 0 Å². The van der Waals surface area contributed by atoms with E-state index in [2.05, 4.69) is 44.1 Å². The van der Waals surface area contributed by atoms with E-state index in [0.717, 1.165) is 0 Å². The number of rotatable bonds is 2. The van der Waals surface area contributed by atoms with Crippen LogP contribution in [0, 0.1) is 37.6 Å². The Morgan fingerprint density at radius 2 is 1.71 bits per heavy atom. The van der Waals surface area contributed by atoms with E-state index < -0.39 is 11.1 Å². The van der Waals surface area contributed by atoms with Crippen molar-refractivity contribution in [2.24, 2.45) is 0 Å². The van der Waals surface area contributed by atoms with E-state index in [1.807, 2.05) is 0 Å². The van der Waals surface area contributed by atoms with E-state index in [0.29, 0.717) is 5.57 Å². The average molecular weight is 292 g/mol. The first-order chi connectivity index (χ1) is 7.63. The minimum atomic E-state index is -1.95. The smallest absolute Gasteiger partial charge is 0 e. The molecule has 0 fully saturated rings. The van der Waals surface area contributed by atoms with Crippen LogP contribution in [0.25, 0.3) is 0 Å². The zero-order valence-electron chi connectivity index (χ0n) is 8.89. The maximum Gasteiger partial charge on any atom is 0 e. The molecular formula is C11H8FeO4S-6. The van der Waals surface area contributed by atoms with Crippen LogP contribution in [0.4, 0.5) is 0 Å². The molecule has 1 rings (SSSR count). The molecule has 6 heteroatoms. The summed E-state index contributed by atoms with van der Waals surface area (Å²) in [5.41, 5.74) is 0.674. The van der Waals surface area contributed by atoms with Crippen LogP contribution in [0.5, 0.6) is 0 Å². The molecule has 0 spiro atoms. The molecule has 1 unspecified atom stereocenters. The maximum absolute atomic E-state index is 9.75. The average Bonchev–Trinajstić information content (AvgIpc) is 2.80. The molecule has 0 saturated heterocycles. The molecule has 1 aromatic rings. The first-order valence-corrected chi connectivity index (χ1v) is 4.81. The van der Waals surface area contributed by atoms with Crippen molar-refractivity contribution in [3.8, 4) is 0 Å². The van der Waals surface area contributed by atoms with E-state index in [4.69, 9.17) is 9.30 Å². The van der Waals surface area contributed by atoms with Crippen LogP contribution in [-0.2, 0) is 37.5 Å². The predicted octanol–water partition coefficient (Wildman–Crippen LogP) is 0.970. The van der Waals surface area contributed by atoms with Crippen molar-refractivity contribution in [2.45, 2.75) is 6.92 Å².